The lowest BCUT2D eigenvalue weighted by molar-refractivity contribution is -0.130. The van der Waals surface area contributed by atoms with Crippen molar-refractivity contribution in [3.63, 3.8) is 0 Å². The van der Waals surface area contributed by atoms with Gasteiger partial charge in [-0.25, -0.2) is 4.79 Å². The van der Waals surface area contributed by atoms with Gasteiger partial charge in [-0.2, -0.15) is 0 Å². The number of aliphatic carboxylic acids is 1. The molecule has 0 aliphatic rings. The quantitative estimate of drug-likeness (QED) is 0.349. The van der Waals surface area contributed by atoms with Crippen LogP contribution >= 0.6 is 0 Å². The zero-order valence-electron chi connectivity index (χ0n) is 18.4. The second kappa shape index (κ2) is 10.9. The lowest BCUT2D eigenvalue weighted by Gasteiger charge is -2.09. The van der Waals surface area contributed by atoms with E-state index in [4.69, 9.17) is 19.9 Å². The Morgan fingerprint density at radius 2 is 1.39 bits per heavy atom. The fraction of sp³-hybridized carbons (Fsp3) is 0.154. The predicted octanol–water partition coefficient (Wildman–Crippen LogP) is 4.54. The van der Waals surface area contributed by atoms with E-state index in [1.807, 2.05) is 24.3 Å². The van der Waals surface area contributed by atoms with Crippen LogP contribution in [-0.2, 0) is 16.0 Å². The van der Waals surface area contributed by atoms with Crippen LogP contribution in [0.15, 0.2) is 66.7 Å². The second-order valence-electron chi connectivity index (χ2n) is 7.25. The third-order valence-corrected chi connectivity index (χ3v) is 4.90. The maximum Gasteiger partial charge on any atom is 0.336 e. The Labute approximate surface area is 192 Å². The van der Waals surface area contributed by atoms with E-state index in [-0.39, 0.29) is 11.5 Å². The number of rotatable bonds is 10. The normalized spacial score (nSPS) is 11.0. The van der Waals surface area contributed by atoms with Gasteiger partial charge in [0.2, 0.25) is 5.91 Å². The third kappa shape index (κ3) is 6.61. The van der Waals surface area contributed by atoms with E-state index in [0.717, 1.165) is 5.56 Å². The van der Waals surface area contributed by atoms with Crippen LogP contribution in [0.2, 0.25) is 0 Å². The second-order valence-corrected chi connectivity index (χ2v) is 7.25. The molecule has 33 heavy (non-hydrogen) atoms. The maximum absolute atomic E-state index is 11.9. The van der Waals surface area contributed by atoms with Crippen molar-refractivity contribution in [1.82, 2.24) is 0 Å². The summed E-state index contributed by atoms with van der Waals surface area (Å²) in [7, 11) is 3.07. The van der Waals surface area contributed by atoms with Gasteiger partial charge in [-0.3, -0.25) is 4.79 Å². The summed E-state index contributed by atoms with van der Waals surface area (Å²) in [5.41, 5.74) is 7.45. The molecule has 0 aliphatic heterocycles. The predicted molar refractivity (Wildman–Crippen MR) is 126 cm³/mol. The summed E-state index contributed by atoms with van der Waals surface area (Å²) < 4.78 is 16.4. The summed E-state index contributed by atoms with van der Waals surface area (Å²) in [6.07, 6.45) is 2.44. The van der Waals surface area contributed by atoms with Crippen molar-refractivity contribution >= 4 is 23.5 Å². The van der Waals surface area contributed by atoms with E-state index >= 15 is 0 Å². The molecule has 1 amide bonds. The van der Waals surface area contributed by atoms with E-state index in [9.17, 15) is 14.7 Å². The van der Waals surface area contributed by atoms with Crippen molar-refractivity contribution in [2.45, 2.75) is 12.8 Å². The van der Waals surface area contributed by atoms with Gasteiger partial charge >= 0.3 is 5.97 Å². The van der Waals surface area contributed by atoms with Crippen molar-refractivity contribution in [2.75, 3.05) is 14.2 Å². The Bertz CT molecular complexity index is 1130. The Morgan fingerprint density at radius 3 is 1.88 bits per heavy atom. The Kier molecular flexibility index (Phi) is 7.70. The number of benzene rings is 3. The number of primary amides is 1. The van der Waals surface area contributed by atoms with E-state index in [0.29, 0.717) is 47.0 Å². The molecule has 3 rings (SSSR count). The van der Waals surface area contributed by atoms with E-state index in [1.165, 1.54) is 14.2 Å². The molecule has 0 bridgehead atoms. The monoisotopic (exact) mass is 447 g/mol. The van der Waals surface area contributed by atoms with E-state index in [1.54, 1.807) is 48.5 Å². The first-order chi connectivity index (χ1) is 15.9. The highest BCUT2D eigenvalue weighted by molar-refractivity contribution is 6.20. The van der Waals surface area contributed by atoms with Gasteiger partial charge in [0.05, 0.1) is 19.8 Å². The van der Waals surface area contributed by atoms with Gasteiger partial charge in [0.15, 0.2) is 0 Å². The van der Waals surface area contributed by atoms with Gasteiger partial charge in [-0.1, -0.05) is 24.3 Å². The van der Waals surface area contributed by atoms with Crippen molar-refractivity contribution < 1.29 is 28.9 Å². The first kappa shape index (κ1) is 23.4. The molecule has 0 atom stereocenters. The molecular weight excluding hydrogens is 422 g/mol. The Morgan fingerprint density at radius 1 is 0.848 bits per heavy atom. The standard InChI is InChI=1S/C26H25NO6/c1-31-22-13-18(14-23(16-22)32-2)15-24(26(29)30)19-6-10-21(11-7-19)33-20-8-3-17(4-9-20)5-12-25(27)28/h3-4,6-11,13-16H,5,12H2,1-2H3,(H2,27,28)(H,29,30). The highest BCUT2D eigenvalue weighted by Gasteiger charge is 2.12. The number of methoxy groups -OCH3 is 2. The zero-order valence-corrected chi connectivity index (χ0v) is 18.4. The summed E-state index contributed by atoms with van der Waals surface area (Å²) in [6.45, 7) is 0. The van der Waals surface area contributed by atoms with Crippen LogP contribution in [0.5, 0.6) is 23.0 Å². The summed E-state index contributed by atoms with van der Waals surface area (Å²) in [5, 5.41) is 9.76. The number of carbonyl (C=O) groups excluding carboxylic acids is 1. The highest BCUT2D eigenvalue weighted by Crippen LogP contribution is 2.28. The molecule has 0 spiro atoms. The van der Waals surface area contributed by atoms with Crippen LogP contribution in [0.1, 0.15) is 23.1 Å². The lowest BCUT2D eigenvalue weighted by Crippen LogP contribution is -2.11. The minimum atomic E-state index is -1.06. The van der Waals surface area contributed by atoms with Crippen LogP contribution in [-0.4, -0.2) is 31.2 Å². The molecule has 0 radical (unpaired) electrons. The van der Waals surface area contributed by atoms with Crippen LogP contribution in [0.3, 0.4) is 0 Å². The number of carbonyl (C=O) groups is 2. The first-order valence-electron chi connectivity index (χ1n) is 10.2. The maximum atomic E-state index is 11.9. The van der Waals surface area contributed by atoms with Gasteiger partial charge in [-0.15, -0.1) is 0 Å². The average molecular weight is 447 g/mol. The molecule has 0 heterocycles. The number of carboxylic acid groups (broad SMARTS) is 1. The van der Waals surface area contributed by atoms with Gasteiger partial charge in [-0.05, 0) is 65.6 Å². The molecule has 0 fully saturated rings. The molecule has 0 unspecified atom stereocenters. The third-order valence-electron chi connectivity index (χ3n) is 4.90. The zero-order chi connectivity index (χ0) is 23.8. The van der Waals surface area contributed by atoms with Crippen molar-refractivity contribution in [3.05, 3.63) is 83.4 Å². The molecule has 7 heteroatoms. The van der Waals surface area contributed by atoms with Crippen LogP contribution < -0.4 is 19.9 Å². The highest BCUT2D eigenvalue weighted by atomic mass is 16.5. The number of nitrogens with two attached hydrogens (primary N) is 1. The Hall–Kier alpha value is -4.26. The van der Waals surface area contributed by atoms with Crippen LogP contribution in [0.25, 0.3) is 11.6 Å². The summed E-state index contributed by atoms with van der Waals surface area (Å²) in [4.78, 5) is 22.8. The van der Waals surface area contributed by atoms with Crippen LogP contribution in [0.4, 0.5) is 0 Å². The van der Waals surface area contributed by atoms with E-state index < -0.39 is 5.97 Å². The van der Waals surface area contributed by atoms with Crippen LogP contribution in [0, 0.1) is 0 Å². The Balaban J connectivity index is 1.77. The minimum Gasteiger partial charge on any atom is -0.497 e. The number of hydrogen-bond donors (Lipinski definition) is 2. The summed E-state index contributed by atoms with van der Waals surface area (Å²) >= 11 is 0. The molecule has 0 aromatic heterocycles. The number of hydrogen-bond acceptors (Lipinski definition) is 5. The number of ether oxygens (including phenoxy) is 3. The van der Waals surface area contributed by atoms with Gasteiger partial charge in [0.25, 0.3) is 0 Å². The van der Waals surface area contributed by atoms with E-state index in [2.05, 4.69) is 0 Å². The topological polar surface area (TPSA) is 108 Å². The SMILES string of the molecule is COc1cc(C=C(C(=O)O)c2ccc(Oc3ccc(CCC(N)=O)cc3)cc2)cc(OC)c1. The van der Waals surface area contributed by atoms with Crippen molar-refractivity contribution in [3.8, 4) is 23.0 Å². The smallest absolute Gasteiger partial charge is 0.336 e. The molecular formula is C26H25NO6. The summed E-state index contributed by atoms with van der Waals surface area (Å²) in [5.74, 6) is 0.927. The lowest BCUT2D eigenvalue weighted by atomic mass is 10.0. The van der Waals surface area contributed by atoms with Crippen molar-refractivity contribution in [1.29, 1.82) is 0 Å². The number of carboxylic acids is 1. The van der Waals surface area contributed by atoms with Gasteiger partial charge < -0.3 is 25.1 Å². The molecule has 0 saturated heterocycles. The molecule has 0 saturated carbocycles. The number of aryl methyl sites for hydroxylation is 1. The summed E-state index contributed by atoms with van der Waals surface area (Å²) in [6, 6.07) is 19.3. The van der Waals surface area contributed by atoms with Crippen molar-refractivity contribution in [2.24, 2.45) is 5.73 Å². The largest absolute Gasteiger partial charge is 0.497 e. The minimum absolute atomic E-state index is 0.121. The fourth-order valence-electron chi connectivity index (χ4n) is 3.18. The molecule has 7 nitrogen and oxygen atoms in total. The van der Waals surface area contributed by atoms with Gasteiger partial charge in [0, 0.05) is 12.5 Å². The molecule has 3 N–H and O–H groups in total. The first-order valence-corrected chi connectivity index (χ1v) is 10.2. The molecule has 170 valence electrons. The molecule has 3 aromatic carbocycles. The fourth-order valence-corrected chi connectivity index (χ4v) is 3.18. The molecule has 0 aliphatic carbocycles. The average Bonchev–Trinajstić information content (AvgIpc) is 2.82. The molecule has 3 aromatic rings. The number of amides is 1. The van der Waals surface area contributed by atoms with Gasteiger partial charge in [0.1, 0.15) is 23.0 Å².